The molecule has 0 aliphatic carbocycles. The van der Waals surface area contributed by atoms with E-state index in [1.54, 1.807) is 29.4 Å². The Morgan fingerprint density at radius 1 is 1.33 bits per heavy atom. The number of furan rings is 1. The van der Waals surface area contributed by atoms with E-state index in [9.17, 15) is 4.79 Å². The first-order valence-corrected chi connectivity index (χ1v) is 4.52. The zero-order valence-corrected chi connectivity index (χ0v) is 8.52. The zero-order valence-electron chi connectivity index (χ0n) is 8.52. The quantitative estimate of drug-likeness (QED) is 0.816. The number of aromatic carboxylic acids is 1. The van der Waals surface area contributed by atoms with Crippen LogP contribution in [0.2, 0.25) is 0 Å². The highest BCUT2D eigenvalue weighted by atomic mass is 16.4. The van der Waals surface area contributed by atoms with Gasteiger partial charge in [-0.15, -0.1) is 0 Å². The molecule has 0 aliphatic rings. The number of benzene rings is 1. The lowest BCUT2D eigenvalue weighted by molar-refractivity contribution is 0.0698. The van der Waals surface area contributed by atoms with E-state index in [0.717, 1.165) is 5.39 Å². The summed E-state index contributed by atoms with van der Waals surface area (Å²) in [4.78, 5) is 12.8. The molecule has 1 aromatic carbocycles. The van der Waals surface area contributed by atoms with Crippen LogP contribution in [0.15, 0.2) is 28.9 Å². The summed E-state index contributed by atoms with van der Waals surface area (Å²) >= 11 is 0. The molecule has 1 N–H and O–H groups in total. The maximum atomic E-state index is 11.0. The highest BCUT2D eigenvalue weighted by molar-refractivity contribution is 6.04. The van der Waals surface area contributed by atoms with Gasteiger partial charge in [-0.1, -0.05) is 0 Å². The molecule has 4 heteroatoms. The van der Waals surface area contributed by atoms with E-state index in [0.29, 0.717) is 11.3 Å². The van der Waals surface area contributed by atoms with Crippen LogP contribution in [-0.4, -0.2) is 25.2 Å². The summed E-state index contributed by atoms with van der Waals surface area (Å²) in [6.45, 7) is 0. The molecule has 15 heavy (non-hydrogen) atoms. The summed E-state index contributed by atoms with van der Waals surface area (Å²) < 4.78 is 5.22. The highest BCUT2D eigenvalue weighted by Gasteiger charge is 2.15. The second-order valence-electron chi connectivity index (χ2n) is 3.49. The highest BCUT2D eigenvalue weighted by Crippen LogP contribution is 2.30. The Labute approximate surface area is 86.7 Å². The fourth-order valence-electron chi connectivity index (χ4n) is 1.68. The largest absolute Gasteiger partial charge is 0.478 e. The molecule has 1 heterocycles. The van der Waals surface area contributed by atoms with Gasteiger partial charge in [0.2, 0.25) is 0 Å². The molecular formula is C11H11NO3. The van der Waals surface area contributed by atoms with Gasteiger partial charge >= 0.3 is 5.97 Å². The van der Waals surface area contributed by atoms with E-state index < -0.39 is 5.97 Å². The van der Waals surface area contributed by atoms with Crippen molar-refractivity contribution in [3.8, 4) is 0 Å². The first-order chi connectivity index (χ1) is 7.11. The summed E-state index contributed by atoms with van der Waals surface area (Å²) in [5, 5.41) is 9.87. The van der Waals surface area contributed by atoms with E-state index in [-0.39, 0.29) is 5.56 Å². The van der Waals surface area contributed by atoms with Gasteiger partial charge in [0.05, 0.1) is 17.5 Å². The molecular weight excluding hydrogens is 194 g/mol. The Morgan fingerprint density at radius 3 is 2.67 bits per heavy atom. The van der Waals surface area contributed by atoms with Crippen molar-refractivity contribution in [3.05, 3.63) is 30.0 Å². The van der Waals surface area contributed by atoms with Gasteiger partial charge in [-0.3, -0.25) is 0 Å². The third-order valence-electron chi connectivity index (χ3n) is 2.28. The topological polar surface area (TPSA) is 53.7 Å². The van der Waals surface area contributed by atoms with E-state index in [2.05, 4.69) is 0 Å². The third-order valence-corrected chi connectivity index (χ3v) is 2.28. The molecule has 0 aliphatic heterocycles. The van der Waals surface area contributed by atoms with Crippen molar-refractivity contribution < 1.29 is 14.3 Å². The summed E-state index contributed by atoms with van der Waals surface area (Å²) in [5.41, 5.74) is 1.66. The van der Waals surface area contributed by atoms with E-state index in [1.165, 1.54) is 0 Å². The number of nitrogens with zero attached hydrogens (tertiary/aromatic N) is 1. The van der Waals surface area contributed by atoms with Crippen molar-refractivity contribution in [3.63, 3.8) is 0 Å². The average Bonchev–Trinajstić information content (AvgIpc) is 2.62. The lowest BCUT2D eigenvalue weighted by Gasteiger charge is -2.16. The second kappa shape index (κ2) is 3.31. The van der Waals surface area contributed by atoms with Crippen molar-refractivity contribution in [1.82, 2.24) is 0 Å². The van der Waals surface area contributed by atoms with Crippen LogP contribution in [0.25, 0.3) is 11.0 Å². The molecule has 2 rings (SSSR count). The number of carboxylic acids is 1. The molecule has 0 fully saturated rings. The molecule has 0 radical (unpaired) electrons. The molecule has 0 spiro atoms. The van der Waals surface area contributed by atoms with Gasteiger partial charge in [0.15, 0.2) is 0 Å². The Morgan fingerprint density at radius 2 is 2.07 bits per heavy atom. The van der Waals surface area contributed by atoms with Crippen molar-refractivity contribution in [2.75, 3.05) is 19.0 Å². The molecule has 0 unspecified atom stereocenters. The first-order valence-electron chi connectivity index (χ1n) is 4.52. The SMILES string of the molecule is CN(C)c1c(C(=O)O)ccc2occc12. The van der Waals surface area contributed by atoms with Gasteiger partial charge in [0.25, 0.3) is 0 Å². The van der Waals surface area contributed by atoms with Crippen LogP contribution in [0.5, 0.6) is 0 Å². The fraction of sp³-hybridized carbons (Fsp3) is 0.182. The Kier molecular flexibility index (Phi) is 2.11. The number of rotatable bonds is 2. The van der Waals surface area contributed by atoms with Crippen LogP contribution >= 0.6 is 0 Å². The van der Waals surface area contributed by atoms with Crippen LogP contribution in [0, 0.1) is 0 Å². The minimum absolute atomic E-state index is 0.286. The molecule has 0 bridgehead atoms. The van der Waals surface area contributed by atoms with Crippen molar-refractivity contribution >= 4 is 22.6 Å². The minimum Gasteiger partial charge on any atom is -0.478 e. The molecule has 0 saturated carbocycles. The van der Waals surface area contributed by atoms with E-state index >= 15 is 0 Å². The molecule has 1 aromatic heterocycles. The average molecular weight is 205 g/mol. The Balaban J connectivity index is 2.81. The maximum Gasteiger partial charge on any atom is 0.337 e. The summed E-state index contributed by atoms with van der Waals surface area (Å²) in [6.07, 6.45) is 1.56. The van der Waals surface area contributed by atoms with Gasteiger partial charge in [-0.2, -0.15) is 0 Å². The van der Waals surface area contributed by atoms with Crippen LogP contribution < -0.4 is 4.90 Å². The maximum absolute atomic E-state index is 11.0. The molecule has 0 saturated heterocycles. The number of hydrogen-bond donors (Lipinski definition) is 1. The normalized spacial score (nSPS) is 10.5. The number of hydrogen-bond acceptors (Lipinski definition) is 3. The van der Waals surface area contributed by atoms with Crippen LogP contribution in [0.4, 0.5) is 5.69 Å². The predicted octanol–water partition coefficient (Wildman–Crippen LogP) is 2.20. The van der Waals surface area contributed by atoms with E-state index in [1.807, 2.05) is 14.1 Å². The molecule has 4 nitrogen and oxygen atoms in total. The van der Waals surface area contributed by atoms with Crippen molar-refractivity contribution in [2.45, 2.75) is 0 Å². The van der Waals surface area contributed by atoms with Crippen LogP contribution in [0.1, 0.15) is 10.4 Å². The molecule has 0 amide bonds. The molecule has 2 aromatic rings. The number of carboxylic acid groups (broad SMARTS) is 1. The third kappa shape index (κ3) is 1.44. The monoisotopic (exact) mass is 205 g/mol. The van der Waals surface area contributed by atoms with E-state index in [4.69, 9.17) is 9.52 Å². The zero-order chi connectivity index (χ0) is 11.0. The van der Waals surface area contributed by atoms with Gasteiger partial charge in [-0.05, 0) is 18.2 Å². The van der Waals surface area contributed by atoms with Crippen LogP contribution in [-0.2, 0) is 0 Å². The minimum atomic E-state index is -0.929. The molecule has 78 valence electrons. The van der Waals surface area contributed by atoms with Crippen LogP contribution in [0.3, 0.4) is 0 Å². The van der Waals surface area contributed by atoms with Gasteiger partial charge in [-0.25, -0.2) is 4.79 Å². The summed E-state index contributed by atoms with van der Waals surface area (Å²) in [7, 11) is 3.63. The van der Waals surface area contributed by atoms with Gasteiger partial charge in [0.1, 0.15) is 5.58 Å². The van der Waals surface area contributed by atoms with Gasteiger partial charge < -0.3 is 14.4 Å². The van der Waals surface area contributed by atoms with Gasteiger partial charge in [0, 0.05) is 19.5 Å². The standard InChI is InChI=1S/C11H11NO3/c1-12(2)10-7-5-6-15-9(7)4-3-8(10)11(13)14/h3-6H,1-2H3,(H,13,14). The second-order valence-corrected chi connectivity index (χ2v) is 3.49. The first kappa shape index (κ1) is 9.58. The number of carbonyl (C=O) groups is 1. The smallest absolute Gasteiger partial charge is 0.337 e. The summed E-state index contributed by atoms with van der Waals surface area (Å²) in [5.74, 6) is -0.929. The van der Waals surface area contributed by atoms with Crippen molar-refractivity contribution in [1.29, 1.82) is 0 Å². The fourth-order valence-corrected chi connectivity index (χ4v) is 1.68. The summed E-state index contributed by atoms with van der Waals surface area (Å²) in [6, 6.07) is 5.01. The number of fused-ring (bicyclic) bond motifs is 1. The van der Waals surface area contributed by atoms with Crippen molar-refractivity contribution in [2.24, 2.45) is 0 Å². The Hall–Kier alpha value is -1.97. The Bertz CT molecular complexity index is 514. The lowest BCUT2D eigenvalue weighted by atomic mass is 10.1. The molecule has 0 atom stereocenters. The lowest BCUT2D eigenvalue weighted by Crippen LogP contribution is -2.14. The number of anilines is 1. The predicted molar refractivity (Wildman–Crippen MR) is 57.5 cm³/mol.